The molecule has 0 bridgehead atoms. The minimum atomic E-state index is -0.873. The monoisotopic (exact) mass is 334 g/mol. The van der Waals surface area contributed by atoms with Gasteiger partial charge < -0.3 is 15.3 Å². The second kappa shape index (κ2) is 8.44. The van der Waals surface area contributed by atoms with Crippen LogP contribution in [0.15, 0.2) is 36.5 Å². The van der Waals surface area contributed by atoms with Gasteiger partial charge in [0.05, 0.1) is 24.9 Å². The predicted molar refractivity (Wildman–Crippen MR) is 88.6 cm³/mol. The van der Waals surface area contributed by atoms with Crippen molar-refractivity contribution >= 4 is 6.03 Å². The number of aromatic amines is 1. The van der Waals surface area contributed by atoms with Crippen molar-refractivity contribution in [3.8, 4) is 0 Å². The van der Waals surface area contributed by atoms with Crippen LogP contribution in [0.2, 0.25) is 0 Å². The Morgan fingerprint density at radius 1 is 1.29 bits per heavy atom. The van der Waals surface area contributed by atoms with Gasteiger partial charge in [-0.2, -0.15) is 5.10 Å². The topological polar surface area (TPSA) is 81.2 Å². The first-order valence-electron chi connectivity index (χ1n) is 7.90. The number of carbonyl (C=O) groups is 1. The highest BCUT2D eigenvalue weighted by atomic mass is 19.1. The number of urea groups is 1. The molecule has 0 spiro atoms. The zero-order valence-corrected chi connectivity index (χ0v) is 13.9. The lowest BCUT2D eigenvalue weighted by Gasteiger charge is -2.27. The van der Waals surface area contributed by atoms with Gasteiger partial charge in [-0.05, 0) is 29.7 Å². The Bertz CT molecular complexity index is 629. The molecule has 2 aromatic rings. The van der Waals surface area contributed by atoms with Crippen LogP contribution in [0.1, 0.15) is 31.2 Å². The summed E-state index contributed by atoms with van der Waals surface area (Å²) in [5, 5.41) is 19.7. The predicted octanol–water partition coefficient (Wildman–Crippen LogP) is 2.45. The number of aliphatic hydroxyl groups excluding tert-OH is 1. The number of halogens is 1. The number of benzene rings is 1. The molecule has 7 heteroatoms. The van der Waals surface area contributed by atoms with E-state index < -0.39 is 6.10 Å². The first kappa shape index (κ1) is 17.9. The highest BCUT2D eigenvalue weighted by Crippen LogP contribution is 2.16. The molecule has 1 heterocycles. The zero-order valence-electron chi connectivity index (χ0n) is 13.9. The van der Waals surface area contributed by atoms with Gasteiger partial charge in [0, 0.05) is 12.7 Å². The summed E-state index contributed by atoms with van der Waals surface area (Å²) >= 11 is 0. The third kappa shape index (κ3) is 5.34. The second-order valence-corrected chi connectivity index (χ2v) is 6.11. The van der Waals surface area contributed by atoms with Crippen LogP contribution in [-0.2, 0) is 6.54 Å². The molecule has 0 aliphatic rings. The molecular formula is C17H23FN4O2. The summed E-state index contributed by atoms with van der Waals surface area (Å²) in [5.41, 5.74) is 1.37. The Labute approximate surface area is 140 Å². The summed E-state index contributed by atoms with van der Waals surface area (Å²) in [6.45, 7) is 4.98. The molecule has 3 N–H and O–H groups in total. The molecule has 130 valence electrons. The number of rotatable bonds is 7. The van der Waals surface area contributed by atoms with Crippen LogP contribution < -0.4 is 5.32 Å². The van der Waals surface area contributed by atoms with Crippen molar-refractivity contribution in [3.05, 3.63) is 53.6 Å². The maximum absolute atomic E-state index is 13.0. The molecule has 1 atom stereocenters. The zero-order chi connectivity index (χ0) is 17.5. The van der Waals surface area contributed by atoms with E-state index in [1.54, 1.807) is 17.2 Å². The Hall–Kier alpha value is -2.41. The van der Waals surface area contributed by atoms with Gasteiger partial charge in [0.2, 0.25) is 0 Å². The molecule has 0 aliphatic carbocycles. The van der Waals surface area contributed by atoms with Gasteiger partial charge >= 0.3 is 6.03 Å². The fraction of sp³-hybridized carbons (Fsp3) is 0.412. The van der Waals surface area contributed by atoms with Crippen LogP contribution in [0.25, 0.3) is 0 Å². The summed E-state index contributed by atoms with van der Waals surface area (Å²) in [7, 11) is 0. The number of hydrogen-bond acceptors (Lipinski definition) is 3. The summed E-state index contributed by atoms with van der Waals surface area (Å²) in [4.78, 5) is 14.0. The molecule has 2 amide bonds. The molecule has 0 fully saturated rings. The molecule has 1 unspecified atom stereocenters. The fourth-order valence-electron chi connectivity index (χ4n) is 2.35. The smallest absolute Gasteiger partial charge is 0.317 e. The first-order chi connectivity index (χ1) is 11.5. The van der Waals surface area contributed by atoms with Gasteiger partial charge in [-0.25, -0.2) is 9.18 Å². The van der Waals surface area contributed by atoms with Crippen molar-refractivity contribution in [1.29, 1.82) is 0 Å². The molecule has 1 aromatic carbocycles. The van der Waals surface area contributed by atoms with Crippen molar-refractivity contribution in [3.63, 3.8) is 0 Å². The number of amides is 2. The highest BCUT2D eigenvalue weighted by Gasteiger charge is 2.19. The van der Waals surface area contributed by atoms with Crippen molar-refractivity contribution < 1.29 is 14.3 Å². The number of hydrogen-bond donors (Lipinski definition) is 3. The van der Waals surface area contributed by atoms with E-state index in [9.17, 15) is 14.3 Å². The normalized spacial score (nSPS) is 12.2. The van der Waals surface area contributed by atoms with Crippen molar-refractivity contribution in [2.24, 2.45) is 5.92 Å². The Morgan fingerprint density at radius 2 is 2.00 bits per heavy atom. The fourth-order valence-corrected chi connectivity index (χ4v) is 2.35. The van der Waals surface area contributed by atoms with E-state index in [4.69, 9.17) is 0 Å². The third-order valence-corrected chi connectivity index (χ3v) is 3.51. The van der Waals surface area contributed by atoms with Gasteiger partial charge in [-0.15, -0.1) is 0 Å². The second-order valence-electron chi connectivity index (χ2n) is 6.11. The molecule has 0 saturated heterocycles. The van der Waals surface area contributed by atoms with Crippen LogP contribution in [0.3, 0.4) is 0 Å². The number of aromatic nitrogens is 2. The molecule has 24 heavy (non-hydrogen) atoms. The van der Waals surface area contributed by atoms with E-state index in [1.165, 1.54) is 24.3 Å². The molecular weight excluding hydrogens is 311 g/mol. The van der Waals surface area contributed by atoms with Crippen molar-refractivity contribution in [2.75, 3.05) is 13.1 Å². The van der Waals surface area contributed by atoms with Gasteiger partial charge in [0.1, 0.15) is 5.82 Å². The lowest BCUT2D eigenvalue weighted by Crippen LogP contribution is -2.43. The Kier molecular flexibility index (Phi) is 6.31. The maximum atomic E-state index is 13.0. The maximum Gasteiger partial charge on any atom is 0.317 e. The number of nitrogens with zero attached hydrogens (tertiary/aromatic N) is 2. The third-order valence-electron chi connectivity index (χ3n) is 3.51. The van der Waals surface area contributed by atoms with E-state index in [2.05, 4.69) is 15.5 Å². The number of aliphatic hydroxyl groups is 1. The quantitative estimate of drug-likeness (QED) is 0.727. The van der Waals surface area contributed by atoms with Gasteiger partial charge in [0.15, 0.2) is 0 Å². The molecule has 1 aromatic heterocycles. The van der Waals surface area contributed by atoms with Crippen LogP contribution in [0, 0.1) is 11.7 Å². The minimum Gasteiger partial charge on any atom is -0.387 e. The van der Waals surface area contributed by atoms with E-state index >= 15 is 0 Å². The summed E-state index contributed by atoms with van der Waals surface area (Å²) in [6, 6.07) is 7.15. The van der Waals surface area contributed by atoms with E-state index in [-0.39, 0.29) is 24.3 Å². The van der Waals surface area contributed by atoms with Crippen LogP contribution >= 0.6 is 0 Å². The SMILES string of the molecule is CC(C)CN(CC(O)c1ccc(F)cc1)C(=O)NCc1ccn[nH]1. The lowest BCUT2D eigenvalue weighted by molar-refractivity contribution is 0.115. The Balaban J connectivity index is 1.98. The number of carbonyl (C=O) groups excluding carboxylic acids is 1. The first-order valence-corrected chi connectivity index (χ1v) is 7.90. The van der Waals surface area contributed by atoms with Crippen LogP contribution in [0.4, 0.5) is 9.18 Å². The molecule has 6 nitrogen and oxygen atoms in total. The van der Waals surface area contributed by atoms with E-state index in [1.807, 2.05) is 13.8 Å². The summed E-state index contributed by atoms with van der Waals surface area (Å²) in [6.07, 6.45) is 0.744. The minimum absolute atomic E-state index is 0.138. The molecule has 0 saturated carbocycles. The molecule has 0 radical (unpaired) electrons. The average Bonchev–Trinajstić information content (AvgIpc) is 3.05. The Morgan fingerprint density at radius 3 is 2.58 bits per heavy atom. The summed E-state index contributed by atoms with van der Waals surface area (Å²) in [5.74, 6) is -0.106. The largest absolute Gasteiger partial charge is 0.387 e. The van der Waals surface area contributed by atoms with Gasteiger partial charge in [-0.3, -0.25) is 5.10 Å². The average molecular weight is 334 g/mol. The van der Waals surface area contributed by atoms with Gasteiger partial charge in [0.25, 0.3) is 0 Å². The van der Waals surface area contributed by atoms with Crippen LogP contribution in [-0.4, -0.2) is 39.3 Å². The summed E-state index contributed by atoms with van der Waals surface area (Å²) < 4.78 is 13.0. The number of nitrogens with one attached hydrogen (secondary N) is 2. The van der Waals surface area contributed by atoms with Crippen molar-refractivity contribution in [2.45, 2.75) is 26.5 Å². The molecule has 0 aliphatic heterocycles. The lowest BCUT2D eigenvalue weighted by atomic mass is 10.1. The highest BCUT2D eigenvalue weighted by molar-refractivity contribution is 5.74. The molecule has 2 rings (SSSR count). The van der Waals surface area contributed by atoms with Gasteiger partial charge in [-0.1, -0.05) is 26.0 Å². The van der Waals surface area contributed by atoms with Crippen LogP contribution in [0.5, 0.6) is 0 Å². The standard InChI is InChI=1S/C17H23FN4O2/c1-12(2)10-22(17(24)19-9-15-7-8-20-21-15)11-16(23)13-3-5-14(18)6-4-13/h3-8,12,16,23H,9-11H2,1-2H3,(H,19,24)(H,20,21). The van der Waals surface area contributed by atoms with E-state index in [0.717, 1.165) is 5.69 Å². The number of H-pyrrole nitrogens is 1. The van der Waals surface area contributed by atoms with Crippen molar-refractivity contribution in [1.82, 2.24) is 20.4 Å². The van der Waals surface area contributed by atoms with E-state index in [0.29, 0.717) is 18.7 Å².